The monoisotopic (exact) mass is 382 g/mol. The van der Waals surface area contributed by atoms with Crippen molar-refractivity contribution in [3.05, 3.63) is 56.2 Å². The van der Waals surface area contributed by atoms with Gasteiger partial charge in [0.05, 0.1) is 16.1 Å². The number of benzene rings is 2. The molecular formula is C14H9Br2FN2. The lowest BCUT2D eigenvalue weighted by molar-refractivity contribution is 0.620. The van der Waals surface area contributed by atoms with Crippen LogP contribution in [0.15, 0.2) is 39.3 Å². The highest BCUT2D eigenvalue weighted by molar-refractivity contribution is 9.10. The third kappa shape index (κ3) is 3.34. The second kappa shape index (κ2) is 5.72. The summed E-state index contributed by atoms with van der Waals surface area (Å²) in [6, 6.07) is 10.6. The molecule has 2 nitrogen and oxygen atoms in total. The minimum Gasteiger partial charge on any atom is -0.355 e. The molecule has 19 heavy (non-hydrogen) atoms. The molecule has 2 aromatic carbocycles. The topological polar surface area (TPSA) is 35.8 Å². The predicted octanol–water partition coefficient (Wildman–Crippen LogP) is 5.27. The highest BCUT2D eigenvalue weighted by Crippen LogP contribution is 2.28. The van der Waals surface area contributed by atoms with Gasteiger partial charge >= 0.3 is 0 Å². The van der Waals surface area contributed by atoms with Gasteiger partial charge in [0.1, 0.15) is 5.82 Å². The summed E-state index contributed by atoms with van der Waals surface area (Å²) in [6.45, 7) is 1.82. The van der Waals surface area contributed by atoms with Crippen molar-refractivity contribution in [2.24, 2.45) is 0 Å². The van der Waals surface area contributed by atoms with Gasteiger partial charge in [-0.1, -0.05) is 15.9 Å². The number of anilines is 2. The lowest BCUT2D eigenvalue weighted by Crippen LogP contribution is -1.95. The molecule has 0 atom stereocenters. The third-order valence-corrected chi connectivity index (χ3v) is 3.64. The van der Waals surface area contributed by atoms with Gasteiger partial charge in [-0.15, -0.1) is 0 Å². The number of rotatable bonds is 2. The Kier molecular flexibility index (Phi) is 4.23. The van der Waals surface area contributed by atoms with Crippen molar-refractivity contribution in [2.75, 3.05) is 5.32 Å². The van der Waals surface area contributed by atoms with Crippen LogP contribution < -0.4 is 5.32 Å². The van der Waals surface area contributed by atoms with Crippen molar-refractivity contribution in [3.63, 3.8) is 0 Å². The lowest BCUT2D eigenvalue weighted by Gasteiger charge is -2.11. The first-order valence-corrected chi connectivity index (χ1v) is 7.01. The minimum atomic E-state index is -0.296. The van der Waals surface area contributed by atoms with E-state index in [1.54, 1.807) is 18.2 Å². The van der Waals surface area contributed by atoms with Gasteiger partial charge < -0.3 is 5.32 Å². The van der Waals surface area contributed by atoms with E-state index in [1.807, 2.05) is 13.0 Å². The standard InChI is InChI=1S/C14H9Br2FN2/c1-8-2-13(17)12(16)6-14(8)19-11-4-9(7-18)3-10(15)5-11/h2-6,19H,1H3. The second-order valence-electron chi connectivity index (χ2n) is 4.05. The smallest absolute Gasteiger partial charge is 0.137 e. The first-order chi connectivity index (χ1) is 8.99. The normalized spacial score (nSPS) is 10.1. The van der Waals surface area contributed by atoms with Crippen LogP contribution in [0.3, 0.4) is 0 Å². The molecule has 0 aromatic heterocycles. The summed E-state index contributed by atoms with van der Waals surface area (Å²) in [5.41, 5.74) is 2.90. The molecular weight excluding hydrogens is 375 g/mol. The molecule has 0 saturated carbocycles. The quantitative estimate of drug-likeness (QED) is 0.766. The Morgan fingerprint density at radius 2 is 1.89 bits per heavy atom. The van der Waals surface area contributed by atoms with E-state index in [2.05, 4.69) is 43.2 Å². The van der Waals surface area contributed by atoms with E-state index in [9.17, 15) is 4.39 Å². The first-order valence-electron chi connectivity index (χ1n) is 5.43. The van der Waals surface area contributed by atoms with E-state index in [-0.39, 0.29) is 5.82 Å². The number of nitriles is 1. The van der Waals surface area contributed by atoms with Crippen LogP contribution in [0.5, 0.6) is 0 Å². The molecule has 0 spiro atoms. The fraction of sp³-hybridized carbons (Fsp3) is 0.0714. The van der Waals surface area contributed by atoms with Gasteiger partial charge in [0.15, 0.2) is 0 Å². The molecule has 0 heterocycles. The highest BCUT2D eigenvalue weighted by Gasteiger charge is 2.06. The molecule has 0 fully saturated rings. The summed E-state index contributed by atoms with van der Waals surface area (Å²) in [4.78, 5) is 0. The summed E-state index contributed by atoms with van der Waals surface area (Å²) in [6.07, 6.45) is 0. The zero-order chi connectivity index (χ0) is 14.0. The number of hydrogen-bond donors (Lipinski definition) is 1. The lowest BCUT2D eigenvalue weighted by atomic mass is 10.1. The van der Waals surface area contributed by atoms with E-state index < -0.39 is 0 Å². The van der Waals surface area contributed by atoms with Crippen molar-refractivity contribution < 1.29 is 4.39 Å². The second-order valence-corrected chi connectivity index (χ2v) is 5.82. The van der Waals surface area contributed by atoms with E-state index in [0.29, 0.717) is 10.0 Å². The van der Waals surface area contributed by atoms with Gasteiger partial charge in [-0.25, -0.2) is 4.39 Å². The average Bonchev–Trinajstić information content (AvgIpc) is 2.35. The van der Waals surface area contributed by atoms with E-state index in [1.165, 1.54) is 6.07 Å². The number of hydrogen-bond acceptors (Lipinski definition) is 2. The number of nitrogens with zero attached hydrogens (tertiary/aromatic N) is 1. The molecule has 0 aliphatic heterocycles. The summed E-state index contributed by atoms with van der Waals surface area (Å²) in [5, 5.41) is 12.1. The Hall–Kier alpha value is -1.38. The van der Waals surface area contributed by atoms with Crippen LogP contribution in [0.1, 0.15) is 11.1 Å². The molecule has 0 aliphatic carbocycles. The van der Waals surface area contributed by atoms with E-state index in [4.69, 9.17) is 5.26 Å². The molecule has 2 rings (SSSR count). The van der Waals surface area contributed by atoms with Crippen LogP contribution >= 0.6 is 31.9 Å². The summed E-state index contributed by atoms with van der Waals surface area (Å²) in [7, 11) is 0. The Labute approximate surface area is 127 Å². The van der Waals surface area contributed by atoms with Gasteiger partial charge in [-0.2, -0.15) is 5.26 Å². The molecule has 1 N–H and O–H groups in total. The average molecular weight is 384 g/mol. The van der Waals surface area contributed by atoms with Gasteiger partial charge in [0.25, 0.3) is 0 Å². The maximum absolute atomic E-state index is 13.4. The number of halogens is 3. The maximum atomic E-state index is 13.4. The number of aryl methyl sites for hydroxylation is 1. The molecule has 96 valence electrons. The molecule has 0 aliphatic rings. The molecule has 5 heteroatoms. The molecule has 0 unspecified atom stereocenters. The first kappa shape index (κ1) is 14.0. The van der Waals surface area contributed by atoms with Crippen molar-refractivity contribution in [2.45, 2.75) is 6.92 Å². The molecule has 2 aromatic rings. The van der Waals surface area contributed by atoms with Crippen LogP contribution in [0.25, 0.3) is 0 Å². The number of nitrogens with one attached hydrogen (secondary N) is 1. The van der Waals surface area contributed by atoms with Gasteiger partial charge in [-0.3, -0.25) is 0 Å². The SMILES string of the molecule is Cc1cc(F)c(Br)cc1Nc1cc(Br)cc(C#N)c1. The Balaban J connectivity index is 2.39. The van der Waals surface area contributed by atoms with E-state index >= 15 is 0 Å². The Morgan fingerprint density at radius 1 is 1.16 bits per heavy atom. The Bertz CT molecular complexity index is 678. The maximum Gasteiger partial charge on any atom is 0.137 e. The molecule has 0 bridgehead atoms. The highest BCUT2D eigenvalue weighted by atomic mass is 79.9. The van der Waals surface area contributed by atoms with Crippen molar-refractivity contribution in [1.29, 1.82) is 5.26 Å². The summed E-state index contributed by atoms with van der Waals surface area (Å²) in [5.74, 6) is -0.296. The van der Waals surface area contributed by atoms with Crippen LogP contribution in [0, 0.1) is 24.1 Å². The summed E-state index contributed by atoms with van der Waals surface area (Å²) < 4.78 is 14.6. The van der Waals surface area contributed by atoms with E-state index in [0.717, 1.165) is 21.4 Å². The van der Waals surface area contributed by atoms with Gasteiger partial charge in [0.2, 0.25) is 0 Å². The van der Waals surface area contributed by atoms with Crippen LogP contribution in [-0.2, 0) is 0 Å². The molecule has 0 saturated heterocycles. The predicted molar refractivity (Wildman–Crippen MR) is 81.0 cm³/mol. The van der Waals surface area contributed by atoms with Crippen LogP contribution in [0.4, 0.5) is 15.8 Å². The van der Waals surface area contributed by atoms with Crippen LogP contribution in [0.2, 0.25) is 0 Å². The van der Waals surface area contributed by atoms with Crippen molar-refractivity contribution in [1.82, 2.24) is 0 Å². The van der Waals surface area contributed by atoms with Crippen LogP contribution in [-0.4, -0.2) is 0 Å². The summed E-state index contributed by atoms with van der Waals surface area (Å²) >= 11 is 6.51. The van der Waals surface area contributed by atoms with Crippen molar-refractivity contribution >= 4 is 43.2 Å². The third-order valence-electron chi connectivity index (χ3n) is 2.57. The molecule has 0 radical (unpaired) electrons. The Morgan fingerprint density at radius 3 is 2.58 bits per heavy atom. The fourth-order valence-corrected chi connectivity index (χ4v) is 2.50. The zero-order valence-electron chi connectivity index (χ0n) is 9.97. The minimum absolute atomic E-state index is 0.296. The zero-order valence-corrected chi connectivity index (χ0v) is 13.1. The molecule has 0 amide bonds. The van der Waals surface area contributed by atoms with Gasteiger partial charge in [0, 0.05) is 15.8 Å². The van der Waals surface area contributed by atoms with Crippen molar-refractivity contribution in [3.8, 4) is 6.07 Å². The van der Waals surface area contributed by atoms with Gasteiger partial charge in [-0.05, 0) is 58.7 Å². The largest absolute Gasteiger partial charge is 0.355 e. The fourth-order valence-electron chi connectivity index (χ4n) is 1.66.